The number of hydrogen-bond donors (Lipinski definition) is 1. The minimum atomic E-state index is -0.881. The van der Waals surface area contributed by atoms with Gasteiger partial charge in [0.2, 0.25) is 0 Å². The number of hydrogen-bond acceptors (Lipinski definition) is 6. The van der Waals surface area contributed by atoms with Crippen LogP contribution in [0.5, 0.6) is 5.75 Å². The van der Waals surface area contributed by atoms with Gasteiger partial charge >= 0.3 is 6.09 Å². The van der Waals surface area contributed by atoms with Crippen LogP contribution in [0.25, 0.3) is 0 Å². The van der Waals surface area contributed by atoms with Crippen LogP contribution in [-0.4, -0.2) is 38.3 Å². The van der Waals surface area contributed by atoms with Crippen molar-refractivity contribution >= 4 is 17.5 Å². The normalized spacial score (nSPS) is 9.79. The van der Waals surface area contributed by atoms with E-state index in [0.29, 0.717) is 11.4 Å². The molecule has 0 radical (unpaired) electrons. The zero-order valence-corrected chi connectivity index (χ0v) is 10.7. The van der Waals surface area contributed by atoms with Crippen molar-refractivity contribution in [1.82, 2.24) is 0 Å². The first-order valence-corrected chi connectivity index (χ1v) is 5.41. The summed E-state index contributed by atoms with van der Waals surface area (Å²) in [5.74, 6) is 0.503. The second-order valence-corrected chi connectivity index (χ2v) is 3.70. The number of nitro benzene ring substituents is 1. The molecule has 0 saturated heterocycles. The van der Waals surface area contributed by atoms with Gasteiger partial charge in [0.15, 0.2) is 0 Å². The summed E-state index contributed by atoms with van der Waals surface area (Å²) in [5.41, 5.74) is 5.15. The number of primary amides is 1. The molecule has 1 aromatic carbocycles. The summed E-state index contributed by atoms with van der Waals surface area (Å²) >= 11 is 0. The van der Waals surface area contributed by atoms with Crippen molar-refractivity contribution in [3.8, 4) is 5.75 Å². The Kier molecular flexibility index (Phi) is 4.92. The molecular formula is C11H15N3O5. The number of anilines is 1. The van der Waals surface area contributed by atoms with E-state index in [-0.39, 0.29) is 18.8 Å². The Morgan fingerprint density at radius 2 is 2.21 bits per heavy atom. The molecule has 0 saturated carbocycles. The number of methoxy groups -OCH3 is 1. The van der Waals surface area contributed by atoms with Crippen molar-refractivity contribution in [2.75, 3.05) is 32.2 Å². The number of benzene rings is 1. The van der Waals surface area contributed by atoms with Gasteiger partial charge in [-0.2, -0.15) is 0 Å². The third kappa shape index (κ3) is 4.02. The standard InChI is InChI=1S/C11H15N3O5/c1-13(5-6-19-11(12)15)10-7-8(18-2)3-4-9(10)14(16)17/h3-4,7H,5-6H2,1-2H3,(H2,12,15). The third-order valence-corrected chi connectivity index (χ3v) is 2.46. The second-order valence-electron chi connectivity index (χ2n) is 3.70. The summed E-state index contributed by atoms with van der Waals surface area (Å²) < 4.78 is 9.61. The zero-order valence-electron chi connectivity index (χ0n) is 10.7. The van der Waals surface area contributed by atoms with Crippen LogP contribution in [0.4, 0.5) is 16.2 Å². The first-order chi connectivity index (χ1) is 8.95. The molecule has 0 spiro atoms. The van der Waals surface area contributed by atoms with Crippen LogP contribution in [-0.2, 0) is 4.74 Å². The lowest BCUT2D eigenvalue weighted by atomic mass is 10.2. The fourth-order valence-corrected chi connectivity index (χ4v) is 1.49. The maximum Gasteiger partial charge on any atom is 0.404 e. The Balaban J connectivity index is 2.89. The highest BCUT2D eigenvalue weighted by atomic mass is 16.6. The number of nitrogens with two attached hydrogens (primary N) is 1. The lowest BCUT2D eigenvalue weighted by Gasteiger charge is -2.19. The largest absolute Gasteiger partial charge is 0.497 e. The Bertz CT molecular complexity index is 477. The van der Waals surface area contributed by atoms with Crippen molar-refractivity contribution < 1.29 is 19.2 Å². The van der Waals surface area contributed by atoms with Gasteiger partial charge in [0, 0.05) is 19.2 Å². The van der Waals surface area contributed by atoms with Crippen LogP contribution in [0, 0.1) is 10.1 Å². The number of nitrogens with zero attached hydrogens (tertiary/aromatic N) is 2. The van der Waals surface area contributed by atoms with E-state index in [1.165, 1.54) is 19.2 Å². The van der Waals surface area contributed by atoms with E-state index in [4.69, 9.17) is 10.5 Å². The molecule has 0 fully saturated rings. The molecule has 1 amide bonds. The number of ether oxygens (including phenoxy) is 2. The van der Waals surface area contributed by atoms with E-state index in [2.05, 4.69) is 4.74 Å². The minimum absolute atomic E-state index is 0.0419. The first kappa shape index (κ1) is 14.6. The van der Waals surface area contributed by atoms with Gasteiger partial charge in [0.1, 0.15) is 18.0 Å². The molecule has 0 aliphatic carbocycles. The minimum Gasteiger partial charge on any atom is -0.497 e. The number of carbonyl (C=O) groups is 1. The molecule has 0 aromatic heterocycles. The Morgan fingerprint density at radius 3 is 2.74 bits per heavy atom. The molecule has 104 valence electrons. The Hall–Kier alpha value is -2.51. The second kappa shape index (κ2) is 6.43. The van der Waals surface area contributed by atoms with E-state index in [1.807, 2.05) is 0 Å². The van der Waals surface area contributed by atoms with Crippen molar-refractivity contribution in [2.24, 2.45) is 5.73 Å². The van der Waals surface area contributed by atoms with Crippen molar-refractivity contribution in [2.45, 2.75) is 0 Å². The number of rotatable bonds is 6. The highest BCUT2D eigenvalue weighted by Gasteiger charge is 2.18. The van der Waals surface area contributed by atoms with Gasteiger partial charge in [-0.3, -0.25) is 10.1 Å². The molecule has 8 heteroatoms. The van der Waals surface area contributed by atoms with Crippen LogP contribution in [0.3, 0.4) is 0 Å². The summed E-state index contributed by atoms with van der Waals surface area (Å²) in [6.45, 7) is 0.317. The SMILES string of the molecule is COc1ccc([N+](=O)[O-])c(N(C)CCOC(N)=O)c1. The van der Waals surface area contributed by atoms with Gasteiger partial charge in [-0.1, -0.05) is 0 Å². The number of carbonyl (C=O) groups excluding carboxylic acids is 1. The monoisotopic (exact) mass is 269 g/mol. The first-order valence-electron chi connectivity index (χ1n) is 5.41. The van der Waals surface area contributed by atoms with Gasteiger partial charge in [0.25, 0.3) is 5.69 Å². The zero-order chi connectivity index (χ0) is 14.4. The summed E-state index contributed by atoms with van der Waals surface area (Å²) in [6.07, 6.45) is -0.881. The van der Waals surface area contributed by atoms with Crippen molar-refractivity contribution in [1.29, 1.82) is 0 Å². The average molecular weight is 269 g/mol. The van der Waals surface area contributed by atoms with Gasteiger partial charge < -0.3 is 20.1 Å². The van der Waals surface area contributed by atoms with E-state index in [0.717, 1.165) is 0 Å². The summed E-state index contributed by atoms with van der Waals surface area (Å²) in [6, 6.07) is 4.41. The topological polar surface area (TPSA) is 108 Å². The smallest absolute Gasteiger partial charge is 0.404 e. The van der Waals surface area contributed by atoms with E-state index >= 15 is 0 Å². The predicted octanol–water partition coefficient (Wildman–Crippen LogP) is 1.13. The predicted molar refractivity (Wildman–Crippen MR) is 68.5 cm³/mol. The lowest BCUT2D eigenvalue weighted by molar-refractivity contribution is -0.384. The fourth-order valence-electron chi connectivity index (χ4n) is 1.49. The van der Waals surface area contributed by atoms with Gasteiger partial charge in [-0.15, -0.1) is 0 Å². The molecule has 1 rings (SSSR count). The van der Waals surface area contributed by atoms with Crippen LogP contribution >= 0.6 is 0 Å². The number of nitro groups is 1. The van der Waals surface area contributed by atoms with Crippen LogP contribution in [0.2, 0.25) is 0 Å². The Labute approximate surface area is 109 Å². The lowest BCUT2D eigenvalue weighted by Crippen LogP contribution is -2.26. The molecule has 0 unspecified atom stereocenters. The summed E-state index contributed by atoms with van der Waals surface area (Å²) in [5, 5.41) is 10.9. The molecule has 0 bridgehead atoms. The summed E-state index contributed by atoms with van der Waals surface area (Å²) in [7, 11) is 3.12. The van der Waals surface area contributed by atoms with Gasteiger partial charge in [-0.05, 0) is 6.07 Å². The highest BCUT2D eigenvalue weighted by molar-refractivity contribution is 5.66. The maximum absolute atomic E-state index is 10.9. The molecule has 2 N–H and O–H groups in total. The molecule has 0 aliphatic heterocycles. The highest BCUT2D eigenvalue weighted by Crippen LogP contribution is 2.31. The van der Waals surface area contributed by atoms with E-state index in [9.17, 15) is 14.9 Å². The molecule has 19 heavy (non-hydrogen) atoms. The maximum atomic E-state index is 10.9. The molecule has 8 nitrogen and oxygen atoms in total. The van der Waals surface area contributed by atoms with Crippen LogP contribution in [0.1, 0.15) is 0 Å². The van der Waals surface area contributed by atoms with Crippen molar-refractivity contribution in [3.05, 3.63) is 28.3 Å². The molecule has 0 atom stereocenters. The van der Waals surface area contributed by atoms with Gasteiger partial charge in [-0.25, -0.2) is 4.79 Å². The molecule has 1 aromatic rings. The average Bonchev–Trinajstić information content (AvgIpc) is 2.37. The van der Waals surface area contributed by atoms with E-state index in [1.54, 1.807) is 18.0 Å². The molecule has 0 heterocycles. The summed E-state index contributed by atoms with van der Waals surface area (Å²) in [4.78, 5) is 22.5. The fraction of sp³-hybridized carbons (Fsp3) is 0.364. The van der Waals surface area contributed by atoms with Crippen LogP contribution < -0.4 is 15.4 Å². The van der Waals surface area contributed by atoms with E-state index < -0.39 is 11.0 Å². The van der Waals surface area contributed by atoms with Crippen LogP contribution in [0.15, 0.2) is 18.2 Å². The molecule has 0 aliphatic rings. The quantitative estimate of drug-likeness (QED) is 0.612. The van der Waals surface area contributed by atoms with Gasteiger partial charge in [0.05, 0.1) is 18.6 Å². The number of amides is 1. The Morgan fingerprint density at radius 1 is 1.53 bits per heavy atom. The van der Waals surface area contributed by atoms with Crippen molar-refractivity contribution in [3.63, 3.8) is 0 Å². The third-order valence-electron chi connectivity index (χ3n) is 2.46. The number of likely N-dealkylation sites (N-methyl/N-ethyl adjacent to an activating group) is 1. The molecular weight excluding hydrogens is 254 g/mol.